The van der Waals surface area contributed by atoms with Crippen LogP contribution in [-0.2, 0) is 20.9 Å². The zero-order valence-electron chi connectivity index (χ0n) is 11.0. The van der Waals surface area contributed by atoms with Crippen LogP contribution in [0.1, 0.15) is 0 Å². The minimum absolute atomic E-state index is 0.166. The number of amides is 1. The van der Waals surface area contributed by atoms with Crippen LogP contribution in [0, 0.1) is 0 Å². The fourth-order valence-electron chi connectivity index (χ4n) is 1.94. The van der Waals surface area contributed by atoms with Crippen molar-refractivity contribution in [3.05, 3.63) is 30.6 Å². The Morgan fingerprint density at radius 3 is 2.33 bits per heavy atom. The zero-order chi connectivity index (χ0) is 15.4. The number of imidazole rings is 1. The van der Waals surface area contributed by atoms with Gasteiger partial charge in [0.05, 0.1) is 17.4 Å². The molecule has 8 nitrogen and oxygen atoms in total. The lowest BCUT2D eigenvalue weighted by Crippen LogP contribution is -2.41. The van der Waals surface area contributed by atoms with Crippen molar-refractivity contribution in [1.29, 1.82) is 0 Å². The van der Waals surface area contributed by atoms with Crippen molar-refractivity contribution in [3.63, 3.8) is 0 Å². The van der Waals surface area contributed by atoms with Gasteiger partial charge in [0.2, 0.25) is 5.91 Å². The lowest BCUT2D eigenvalue weighted by molar-refractivity contribution is -0.149. The average molecular weight is 291 g/mol. The molecule has 2 rings (SSSR count). The SMILES string of the molecule is O=C(O)CN(CC(=O)O)C(=O)Cn1cnc2ccccc21. The lowest BCUT2D eigenvalue weighted by atomic mass is 10.3. The summed E-state index contributed by atoms with van der Waals surface area (Å²) in [5.74, 6) is -3.12. The third-order valence-corrected chi connectivity index (χ3v) is 2.84. The van der Waals surface area contributed by atoms with Gasteiger partial charge in [-0.1, -0.05) is 12.1 Å². The van der Waals surface area contributed by atoms with Crippen molar-refractivity contribution in [2.45, 2.75) is 6.54 Å². The van der Waals surface area contributed by atoms with Gasteiger partial charge in [-0.25, -0.2) is 4.98 Å². The Bertz CT molecular complexity index is 678. The Morgan fingerprint density at radius 2 is 1.71 bits per heavy atom. The van der Waals surface area contributed by atoms with Crippen molar-refractivity contribution in [1.82, 2.24) is 14.5 Å². The number of nitrogens with zero attached hydrogens (tertiary/aromatic N) is 3. The van der Waals surface area contributed by atoms with Crippen LogP contribution in [0.5, 0.6) is 0 Å². The van der Waals surface area contributed by atoms with Gasteiger partial charge >= 0.3 is 11.9 Å². The summed E-state index contributed by atoms with van der Waals surface area (Å²) in [4.78, 5) is 38.4. The third-order valence-electron chi connectivity index (χ3n) is 2.84. The van der Waals surface area contributed by atoms with Crippen LogP contribution < -0.4 is 0 Å². The van der Waals surface area contributed by atoms with Crippen molar-refractivity contribution in [2.24, 2.45) is 0 Å². The maximum absolute atomic E-state index is 12.1. The highest BCUT2D eigenvalue weighted by atomic mass is 16.4. The summed E-state index contributed by atoms with van der Waals surface area (Å²) in [6, 6.07) is 7.15. The molecule has 0 radical (unpaired) electrons. The molecule has 0 atom stereocenters. The largest absolute Gasteiger partial charge is 0.480 e. The molecule has 0 spiro atoms. The summed E-state index contributed by atoms with van der Waals surface area (Å²) in [6.45, 7) is -1.48. The van der Waals surface area contributed by atoms with E-state index in [0.29, 0.717) is 5.52 Å². The molecule has 8 heteroatoms. The van der Waals surface area contributed by atoms with Crippen LogP contribution in [0.4, 0.5) is 0 Å². The molecule has 0 aliphatic carbocycles. The van der Waals surface area contributed by atoms with E-state index in [2.05, 4.69) is 4.98 Å². The maximum Gasteiger partial charge on any atom is 0.323 e. The second-order valence-corrected chi connectivity index (χ2v) is 4.40. The van der Waals surface area contributed by atoms with Crippen molar-refractivity contribution < 1.29 is 24.6 Å². The van der Waals surface area contributed by atoms with Crippen molar-refractivity contribution in [3.8, 4) is 0 Å². The van der Waals surface area contributed by atoms with Crippen LogP contribution >= 0.6 is 0 Å². The average Bonchev–Trinajstić information content (AvgIpc) is 2.80. The molecule has 2 N–H and O–H groups in total. The summed E-state index contributed by atoms with van der Waals surface area (Å²) >= 11 is 0. The Kier molecular flexibility index (Phi) is 4.17. The monoisotopic (exact) mass is 291 g/mol. The van der Waals surface area contributed by atoms with Gasteiger partial charge in [-0.05, 0) is 12.1 Å². The molecular weight excluding hydrogens is 278 g/mol. The standard InChI is InChI=1S/C13H13N3O5/c17-11(15(6-12(18)19)7-13(20)21)5-16-8-14-9-3-1-2-4-10(9)16/h1-4,8H,5-7H2,(H,18,19)(H,20,21). The van der Waals surface area contributed by atoms with E-state index in [1.165, 1.54) is 6.33 Å². The van der Waals surface area contributed by atoms with Crippen LogP contribution in [0.15, 0.2) is 30.6 Å². The van der Waals surface area contributed by atoms with E-state index in [9.17, 15) is 14.4 Å². The number of carbonyl (C=O) groups excluding carboxylic acids is 1. The minimum Gasteiger partial charge on any atom is -0.480 e. The van der Waals surface area contributed by atoms with Crippen LogP contribution in [0.3, 0.4) is 0 Å². The molecule has 1 aromatic heterocycles. The molecule has 0 saturated heterocycles. The van der Waals surface area contributed by atoms with E-state index in [1.807, 2.05) is 6.07 Å². The fourth-order valence-corrected chi connectivity index (χ4v) is 1.94. The molecule has 1 aromatic carbocycles. The molecule has 0 bridgehead atoms. The van der Waals surface area contributed by atoms with Gasteiger partial charge < -0.3 is 19.7 Å². The molecule has 0 aliphatic rings. The fraction of sp³-hybridized carbons (Fsp3) is 0.231. The normalized spacial score (nSPS) is 10.5. The topological polar surface area (TPSA) is 113 Å². The van der Waals surface area contributed by atoms with Gasteiger partial charge in [-0.2, -0.15) is 0 Å². The number of benzene rings is 1. The Labute approximate surface area is 119 Å². The number of hydrogen-bond donors (Lipinski definition) is 2. The predicted octanol–water partition coefficient (Wildman–Crippen LogP) is 0.0341. The van der Waals surface area contributed by atoms with Gasteiger partial charge in [-0.15, -0.1) is 0 Å². The molecule has 0 aliphatic heterocycles. The number of fused-ring (bicyclic) bond motifs is 1. The summed E-state index contributed by atoms with van der Waals surface area (Å²) in [5, 5.41) is 17.5. The third kappa shape index (κ3) is 3.56. The molecule has 110 valence electrons. The van der Waals surface area contributed by atoms with Crippen LogP contribution in [0.2, 0.25) is 0 Å². The highest BCUT2D eigenvalue weighted by molar-refractivity contribution is 5.86. The van der Waals surface area contributed by atoms with Crippen LogP contribution in [-0.4, -0.2) is 55.6 Å². The lowest BCUT2D eigenvalue weighted by Gasteiger charge is -2.18. The summed E-state index contributed by atoms with van der Waals surface area (Å²) in [6.07, 6.45) is 1.46. The first-order valence-corrected chi connectivity index (χ1v) is 6.08. The summed E-state index contributed by atoms with van der Waals surface area (Å²) in [7, 11) is 0. The van der Waals surface area contributed by atoms with E-state index in [4.69, 9.17) is 10.2 Å². The molecule has 21 heavy (non-hydrogen) atoms. The molecule has 0 fully saturated rings. The molecule has 1 amide bonds. The van der Waals surface area contributed by atoms with E-state index >= 15 is 0 Å². The van der Waals surface area contributed by atoms with Gasteiger partial charge in [0.15, 0.2) is 0 Å². The highest BCUT2D eigenvalue weighted by Gasteiger charge is 2.20. The second-order valence-electron chi connectivity index (χ2n) is 4.40. The van der Waals surface area contributed by atoms with Gasteiger partial charge in [0.25, 0.3) is 0 Å². The van der Waals surface area contributed by atoms with Crippen molar-refractivity contribution >= 4 is 28.9 Å². The van der Waals surface area contributed by atoms with E-state index in [-0.39, 0.29) is 6.54 Å². The second kappa shape index (κ2) is 6.04. The molecule has 2 aromatic rings. The van der Waals surface area contributed by atoms with Gasteiger partial charge in [0, 0.05) is 0 Å². The number of aromatic nitrogens is 2. The van der Waals surface area contributed by atoms with Gasteiger partial charge in [-0.3, -0.25) is 14.4 Å². The summed E-state index contributed by atoms with van der Waals surface area (Å²) < 4.78 is 1.55. The number of carbonyl (C=O) groups is 3. The molecule has 1 heterocycles. The Balaban J connectivity index is 2.17. The number of carboxylic acids is 2. The zero-order valence-corrected chi connectivity index (χ0v) is 11.0. The Morgan fingerprint density at radius 1 is 1.10 bits per heavy atom. The van der Waals surface area contributed by atoms with Gasteiger partial charge in [0.1, 0.15) is 19.6 Å². The van der Waals surface area contributed by atoms with Crippen LogP contribution in [0.25, 0.3) is 11.0 Å². The maximum atomic E-state index is 12.1. The number of aliphatic carboxylic acids is 2. The minimum atomic E-state index is -1.26. The van der Waals surface area contributed by atoms with E-state index in [0.717, 1.165) is 10.4 Å². The van der Waals surface area contributed by atoms with Crippen molar-refractivity contribution in [2.75, 3.05) is 13.1 Å². The van der Waals surface area contributed by atoms with E-state index < -0.39 is 30.9 Å². The summed E-state index contributed by atoms with van der Waals surface area (Å²) in [5.41, 5.74) is 1.42. The predicted molar refractivity (Wildman–Crippen MR) is 71.6 cm³/mol. The molecule has 0 unspecified atom stereocenters. The molecular formula is C13H13N3O5. The number of rotatable bonds is 6. The first-order chi connectivity index (χ1) is 9.97. The number of hydrogen-bond acceptors (Lipinski definition) is 4. The first kappa shape index (κ1) is 14.5. The number of para-hydroxylation sites is 2. The number of carboxylic acid groups (broad SMARTS) is 2. The quantitative estimate of drug-likeness (QED) is 0.776. The van der Waals surface area contributed by atoms with E-state index in [1.54, 1.807) is 22.8 Å². The first-order valence-electron chi connectivity index (χ1n) is 6.08. The highest BCUT2D eigenvalue weighted by Crippen LogP contribution is 2.12. The molecule has 0 saturated carbocycles. The Hall–Kier alpha value is -2.90. The smallest absolute Gasteiger partial charge is 0.323 e.